The van der Waals surface area contributed by atoms with E-state index in [4.69, 9.17) is 4.74 Å². The van der Waals surface area contributed by atoms with Crippen LogP contribution in [0.25, 0.3) is 0 Å². The molecule has 5 rings (SSSR count). The molecule has 10 heteroatoms. The minimum absolute atomic E-state index is 0.0245. The Balaban J connectivity index is 1.55. The summed E-state index contributed by atoms with van der Waals surface area (Å²) in [5.41, 5.74) is 2.03. The first-order chi connectivity index (χ1) is 16.1. The number of hydrogen-bond acceptors (Lipinski definition) is 7. The SMILES string of the molecule is CC(C)(C)c1ccc([C@@H]2c3sc(=O)n(CC(=O)N4CCOCC4)c3SC3C(=O)NC(=O)C32)cc1. The Morgan fingerprint density at radius 1 is 1.09 bits per heavy atom. The molecule has 0 radical (unpaired) electrons. The topological polar surface area (TPSA) is 97.7 Å². The molecule has 0 saturated carbocycles. The third-order valence-electron chi connectivity index (χ3n) is 6.68. The summed E-state index contributed by atoms with van der Waals surface area (Å²) in [5.74, 6) is -1.81. The maximum atomic E-state index is 13.1. The standard InChI is InChI=1S/C24H27N3O5S2/c1-24(2,3)14-6-4-13(5-7-14)16-17-18(21(30)25-20(17)29)33-22-19(16)34-23(31)27(22)12-15(28)26-8-10-32-11-9-26/h4-7,16-18H,8-12H2,1-3H3,(H,25,29,30)/t16-,17?,18?/m0/s1. The highest BCUT2D eigenvalue weighted by Crippen LogP contribution is 2.51. The van der Waals surface area contributed by atoms with E-state index in [1.54, 1.807) is 4.90 Å². The van der Waals surface area contributed by atoms with Crippen LogP contribution in [0.5, 0.6) is 0 Å². The Kier molecular flexibility index (Phi) is 5.94. The van der Waals surface area contributed by atoms with Crippen molar-refractivity contribution in [1.29, 1.82) is 0 Å². The van der Waals surface area contributed by atoms with Gasteiger partial charge < -0.3 is 9.64 Å². The van der Waals surface area contributed by atoms with E-state index < -0.39 is 17.1 Å². The Morgan fingerprint density at radius 3 is 2.41 bits per heavy atom. The smallest absolute Gasteiger partial charge is 0.308 e. The lowest BCUT2D eigenvalue weighted by Gasteiger charge is -2.31. The van der Waals surface area contributed by atoms with E-state index in [2.05, 4.69) is 26.1 Å². The molecule has 180 valence electrons. The number of rotatable bonds is 3. The number of aromatic nitrogens is 1. The van der Waals surface area contributed by atoms with E-state index in [1.807, 2.05) is 24.3 Å². The zero-order valence-corrected chi connectivity index (χ0v) is 21.0. The highest BCUT2D eigenvalue weighted by atomic mass is 32.2. The van der Waals surface area contributed by atoms with E-state index in [0.717, 1.165) is 27.3 Å². The number of morpholine rings is 1. The molecule has 2 aromatic rings. The molecular formula is C24H27N3O5S2. The van der Waals surface area contributed by atoms with Gasteiger partial charge in [-0.3, -0.25) is 29.1 Å². The van der Waals surface area contributed by atoms with Crippen LogP contribution in [0.2, 0.25) is 0 Å². The van der Waals surface area contributed by atoms with Crippen molar-refractivity contribution in [1.82, 2.24) is 14.8 Å². The highest BCUT2D eigenvalue weighted by molar-refractivity contribution is 8.00. The summed E-state index contributed by atoms with van der Waals surface area (Å²) in [5, 5.41) is 2.46. The molecule has 8 nitrogen and oxygen atoms in total. The maximum absolute atomic E-state index is 13.1. The Morgan fingerprint density at radius 2 is 1.76 bits per heavy atom. The molecule has 2 saturated heterocycles. The molecule has 0 spiro atoms. The van der Waals surface area contributed by atoms with Crippen LogP contribution >= 0.6 is 23.1 Å². The summed E-state index contributed by atoms with van der Waals surface area (Å²) in [6.45, 7) is 8.27. The van der Waals surface area contributed by atoms with Crippen LogP contribution in [-0.2, 0) is 31.1 Å². The summed E-state index contributed by atoms with van der Waals surface area (Å²) in [4.78, 5) is 53.6. The number of nitrogens with one attached hydrogen (secondary N) is 1. The first-order valence-electron chi connectivity index (χ1n) is 11.4. The number of carbonyl (C=O) groups excluding carboxylic acids is 3. The lowest BCUT2D eigenvalue weighted by Crippen LogP contribution is -2.43. The number of thioether (sulfide) groups is 1. The number of fused-ring (bicyclic) bond motifs is 2. The summed E-state index contributed by atoms with van der Waals surface area (Å²) < 4.78 is 6.80. The molecule has 3 atom stereocenters. The van der Waals surface area contributed by atoms with Crippen molar-refractivity contribution in [3.8, 4) is 0 Å². The normalized spacial score (nSPS) is 24.6. The molecule has 3 amide bonds. The molecule has 0 bridgehead atoms. The van der Waals surface area contributed by atoms with Gasteiger partial charge in [-0.15, -0.1) is 0 Å². The number of hydrogen-bond donors (Lipinski definition) is 1. The van der Waals surface area contributed by atoms with Crippen LogP contribution in [0.4, 0.5) is 0 Å². The van der Waals surface area contributed by atoms with Crippen LogP contribution in [-0.4, -0.2) is 58.7 Å². The van der Waals surface area contributed by atoms with Crippen LogP contribution in [0.3, 0.4) is 0 Å². The Labute approximate surface area is 205 Å². The third-order valence-corrected chi connectivity index (χ3v) is 9.30. The Bertz CT molecular complexity index is 1200. The maximum Gasteiger partial charge on any atom is 0.308 e. The first-order valence-corrected chi connectivity index (χ1v) is 13.1. The van der Waals surface area contributed by atoms with Crippen molar-refractivity contribution in [2.45, 2.75) is 48.9 Å². The van der Waals surface area contributed by atoms with E-state index >= 15 is 0 Å². The zero-order valence-electron chi connectivity index (χ0n) is 19.3. The second-order valence-corrected chi connectivity index (χ2v) is 12.0. The van der Waals surface area contributed by atoms with Gasteiger partial charge in [-0.1, -0.05) is 68.1 Å². The summed E-state index contributed by atoms with van der Waals surface area (Å²) >= 11 is 2.30. The van der Waals surface area contributed by atoms with E-state index in [1.165, 1.54) is 16.3 Å². The van der Waals surface area contributed by atoms with E-state index in [-0.39, 0.29) is 34.6 Å². The molecule has 1 N–H and O–H groups in total. The minimum atomic E-state index is -0.633. The molecule has 3 aliphatic heterocycles. The molecule has 2 unspecified atom stereocenters. The van der Waals surface area contributed by atoms with E-state index in [9.17, 15) is 19.2 Å². The fraction of sp³-hybridized carbons (Fsp3) is 0.500. The highest BCUT2D eigenvalue weighted by Gasteiger charge is 2.52. The molecule has 0 aliphatic carbocycles. The third kappa shape index (κ3) is 4.01. The fourth-order valence-electron chi connectivity index (χ4n) is 4.77. The molecule has 3 aliphatic rings. The number of ether oxygens (including phenoxy) is 1. The van der Waals surface area contributed by atoms with Gasteiger partial charge in [-0.05, 0) is 16.5 Å². The van der Waals surface area contributed by atoms with Gasteiger partial charge in [0.2, 0.25) is 17.7 Å². The molecule has 34 heavy (non-hydrogen) atoms. The first kappa shape index (κ1) is 23.3. The molecule has 2 fully saturated rings. The van der Waals surface area contributed by atoms with Crippen molar-refractivity contribution >= 4 is 40.8 Å². The predicted octanol–water partition coefficient (Wildman–Crippen LogP) is 1.94. The van der Waals surface area contributed by atoms with Crippen molar-refractivity contribution < 1.29 is 19.1 Å². The second-order valence-electron chi connectivity index (χ2n) is 9.88. The lowest BCUT2D eigenvalue weighted by atomic mass is 9.81. The van der Waals surface area contributed by atoms with Gasteiger partial charge in [0.05, 0.1) is 24.2 Å². The number of thiazole rings is 1. The van der Waals surface area contributed by atoms with Gasteiger partial charge >= 0.3 is 4.87 Å². The molecular weight excluding hydrogens is 474 g/mol. The van der Waals surface area contributed by atoms with Crippen LogP contribution in [0, 0.1) is 5.92 Å². The van der Waals surface area contributed by atoms with Gasteiger partial charge in [-0.25, -0.2) is 0 Å². The van der Waals surface area contributed by atoms with Crippen molar-refractivity contribution in [2.75, 3.05) is 26.3 Å². The van der Waals surface area contributed by atoms with Gasteiger partial charge in [0, 0.05) is 23.9 Å². The molecule has 1 aromatic heterocycles. The summed E-state index contributed by atoms with van der Waals surface area (Å²) in [7, 11) is 0. The van der Waals surface area contributed by atoms with Gasteiger partial charge in [0.1, 0.15) is 11.8 Å². The van der Waals surface area contributed by atoms with Gasteiger partial charge in [0.15, 0.2) is 0 Å². The number of carbonyl (C=O) groups is 3. The van der Waals surface area contributed by atoms with Crippen LogP contribution < -0.4 is 10.2 Å². The minimum Gasteiger partial charge on any atom is -0.378 e. The number of benzene rings is 1. The quantitative estimate of drug-likeness (QED) is 0.646. The van der Waals surface area contributed by atoms with Crippen LogP contribution in [0.1, 0.15) is 42.7 Å². The van der Waals surface area contributed by atoms with Crippen molar-refractivity contribution in [3.63, 3.8) is 0 Å². The zero-order chi connectivity index (χ0) is 24.2. The summed E-state index contributed by atoms with van der Waals surface area (Å²) in [6, 6.07) is 8.07. The average Bonchev–Trinajstić information content (AvgIpc) is 3.27. The number of imide groups is 1. The van der Waals surface area contributed by atoms with Crippen molar-refractivity contribution in [3.05, 3.63) is 49.9 Å². The van der Waals surface area contributed by atoms with Gasteiger partial charge in [0.25, 0.3) is 0 Å². The van der Waals surface area contributed by atoms with Crippen LogP contribution in [0.15, 0.2) is 34.1 Å². The van der Waals surface area contributed by atoms with Crippen molar-refractivity contribution in [2.24, 2.45) is 5.92 Å². The second kappa shape index (κ2) is 8.66. The predicted molar refractivity (Wildman–Crippen MR) is 129 cm³/mol. The fourth-order valence-corrected chi connectivity index (χ4v) is 7.51. The Hall–Kier alpha value is -2.43. The molecule has 1 aromatic carbocycles. The summed E-state index contributed by atoms with van der Waals surface area (Å²) in [6.07, 6.45) is 0. The monoisotopic (exact) mass is 501 g/mol. The number of amides is 3. The largest absolute Gasteiger partial charge is 0.378 e. The van der Waals surface area contributed by atoms with Gasteiger partial charge in [-0.2, -0.15) is 0 Å². The number of nitrogens with zero attached hydrogens (tertiary/aromatic N) is 2. The molecule has 4 heterocycles. The van der Waals surface area contributed by atoms with E-state index in [0.29, 0.717) is 31.3 Å². The lowest BCUT2D eigenvalue weighted by molar-refractivity contribution is -0.136. The average molecular weight is 502 g/mol.